The number of hydrogen-bond acceptors (Lipinski definition) is 3. The third-order valence-electron chi connectivity index (χ3n) is 3.86. The van der Waals surface area contributed by atoms with Gasteiger partial charge in [0.05, 0.1) is 12.7 Å². The summed E-state index contributed by atoms with van der Waals surface area (Å²) in [5.41, 5.74) is 0.893. The van der Waals surface area contributed by atoms with E-state index in [0.717, 1.165) is 23.8 Å². The molecule has 1 atom stereocenters. The van der Waals surface area contributed by atoms with E-state index in [9.17, 15) is 5.11 Å². The second kappa shape index (κ2) is 6.92. The summed E-state index contributed by atoms with van der Waals surface area (Å²) in [6.07, 6.45) is 3.58. The Balaban J connectivity index is 1.92. The highest BCUT2D eigenvalue weighted by Crippen LogP contribution is 2.29. The summed E-state index contributed by atoms with van der Waals surface area (Å²) < 4.78 is 5.57. The SMILES string of the molecule is CCOc1ccccc1C(O)CN(C)CC1CCC1. The molecule has 0 bridgehead atoms. The Labute approximate surface area is 116 Å². The number of likely N-dealkylation sites (N-methyl/N-ethyl adjacent to an activating group) is 1. The molecule has 0 heterocycles. The van der Waals surface area contributed by atoms with Crippen LogP contribution in [0.1, 0.15) is 37.9 Å². The third kappa shape index (κ3) is 3.95. The van der Waals surface area contributed by atoms with E-state index >= 15 is 0 Å². The second-order valence-corrected chi connectivity index (χ2v) is 5.50. The number of hydrogen-bond donors (Lipinski definition) is 1. The summed E-state index contributed by atoms with van der Waals surface area (Å²) in [7, 11) is 2.09. The van der Waals surface area contributed by atoms with Gasteiger partial charge in [0.2, 0.25) is 0 Å². The molecule has 1 aliphatic rings. The van der Waals surface area contributed by atoms with E-state index in [1.165, 1.54) is 19.3 Å². The topological polar surface area (TPSA) is 32.7 Å². The largest absolute Gasteiger partial charge is 0.493 e. The first kappa shape index (κ1) is 14.4. The van der Waals surface area contributed by atoms with E-state index in [0.29, 0.717) is 13.2 Å². The van der Waals surface area contributed by atoms with Crippen LogP contribution >= 0.6 is 0 Å². The van der Waals surface area contributed by atoms with Crippen LogP contribution < -0.4 is 4.74 Å². The maximum Gasteiger partial charge on any atom is 0.125 e. The predicted molar refractivity (Wildman–Crippen MR) is 77.4 cm³/mol. The molecule has 0 amide bonds. The van der Waals surface area contributed by atoms with E-state index in [2.05, 4.69) is 11.9 Å². The van der Waals surface area contributed by atoms with Crippen molar-refractivity contribution in [3.8, 4) is 5.75 Å². The lowest BCUT2D eigenvalue weighted by molar-refractivity contribution is 0.104. The van der Waals surface area contributed by atoms with E-state index in [1.54, 1.807) is 0 Å². The minimum absolute atomic E-state index is 0.479. The molecule has 0 spiro atoms. The van der Waals surface area contributed by atoms with Gasteiger partial charge < -0.3 is 14.7 Å². The van der Waals surface area contributed by atoms with Crippen LogP contribution in [-0.4, -0.2) is 36.8 Å². The zero-order valence-electron chi connectivity index (χ0n) is 12.0. The number of aliphatic hydroxyl groups is 1. The Kier molecular flexibility index (Phi) is 5.23. The highest BCUT2D eigenvalue weighted by molar-refractivity contribution is 5.35. The molecule has 1 saturated carbocycles. The number of ether oxygens (including phenoxy) is 1. The summed E-state index contributed by atoms with van der Waals surface area (Å²) in [6, 6.07) is 7.77. The Bertz CT molecular complexity index is 390. The number of benzene rings is 1. The molecule has 1 aliphatic carbocycles. The molecule has 0 aromatic heterocycles. The minimum Gasteiger partial charge on any atom is -0.493 e. The Morgan fingerprint density at radius 2 is 2.11 bits per heavy atom. The molecular formula is C16H25NO2. The first-order valence-electron chi connectivity index (χ1n) is 7.29. The van der Waals surface area contributed by atoms with Crippen LogP contribution in [0.25, 0.3) is 0 Å². The fourth-order valence-corrected chi connectivity index (χ4v) is 2.63. The Hall–Kier alpha value is -1.06. The zero-order chi connectivity index (χ0) is 13.7. The summed E-state index contributed by atoms with van der Waals surface area (Å²) in [5, 5.41) is 10.4. The monoisotopic (exact) mass is 263 g/mol. The third-order valence-corrected chi connectivity index (χ3v) is 3.86. The van der Waals surface area contributed by atoms with Crippen molar-refractivity contribution in [3.63, 3.8) is 0 Å². The van der Waals surface area contributed by atoms with Crippen LogP contribution in [0.3, 0.4) is 0 Å². The van der Waals surface area contributed by atoms with Crippen molar-refractivity contribution in [1.29, 1.82) is 0 Å². The van der Waals surface area contributed by atoms with Crippen LogP contribution in [0.4, 0.5) is 0 Å². The molecule has 0 aliphatic heterocycles. The van der Waals surface area contributed by atoms with Gasteiger partial charge in [-0.1, -0.05) is 24.6 Å². The van der Waals surface area contributed by atoms with E-state index in [4.69, 9.17) is 4.74 Å². The van der Waals surface area contributed by atoms with Crippen molar-refractivity contribution in [1.82, 2.24) is 4.90 Å². The van der Waals surface area contributed by atoms with Gasteiger partial charge in [-0.15, -0.1) is 0 Å². The summed E-state index contributed by atoms with van der Waals surface area (Å²) >= 11 is 0. The average Bonchev–Trinajstić information content (AvgIpc) is 2.35. The van der Waals surface area contributed by atoms with Gasteiger partial charge >= 0.3 is 0 Å². The number of aliphatic hydroxyl groups excluding tert-OH is 1. The van der Waals surface area contributed by atoms with Crippen molar-refractivity contribution in [2.45, 2.75) is 32.3 Å². The smallest absolute Gasteiger partial charge is 0.125 e. The van der Waals surface area contributed by atoms with Crippen LogP contribution in [0.5, 0.6) is 5.75 Å². The molecule has 1 fully saturated rings. The van der Waals surface area contributed by atoms with Crippen LogP contribution in [0, 0.1) is 5.92 Å². The van der Waals surface area contributed by atoms with Crippen molar-refractivity contribution in [2.75, 3.05) is 26.7 Å². The molecule has 19 heavy (non-hydrogen) atoms. The second-order valence-electron chi connectivity index (χ2n) is 5.50. The first-order valence-corrected chi connectivity index (χ1v) is 7.29. The van der Waals surface area contributed by atoms with Gasteiger partial charge in [0.1, 0.15) is 5.75 Å². The minimum atomic E-state index is -0.479. The summed E-state index contributed by atoms with van der Waals surface area (Å²) in [4.78, 5) is 2.23. The summed E-state index contributed by atoms with van der Waals surface area (Å²) in [6.45, 7) is 4.35. The molecule has 1 N–H and O–H groups in total. The van der Waals surface area contributed by atoms with Crippen molar-refractivity contribution in [3.05, 3.63) is 29.8 Å². The Morgan fingerprint density at radius 1 is 1.37 bits per heavy atom. The molecule has 106 valence electrons. The molecule has 1 unspecified atom stereocenters. The normalized spacial score (nSPS) is 17.3. The fourth-order valence-electron chi connectivity index (χ4n) is 2.63. The number of nitrogens with zero attached hydrogens (tertiary/aromatic N) is 1. The molecular weight excluding hydrogens is 238 g/mol. The van der Waals surface area contributed by atoms with E-state index < -0.39 is 6.10 Å². The van der Waals surface area contributed by atoms with Gasteiger partial charge in [-0.3, -0.25) is 0 Å². The lowest BCUT2D eigenvalue weighted by Crippen LogP contribution is -2.32. The van der Waals surface area contributed by atoms with Gasteiger partial charge in [-0.25, -0.2) is 0 Å². The van der Waals surface area contributed by atoms with Crippen LogP contribution in [-0.2, 0) is 0 Å². The van der Waals surface area contributed by atoms with Crippen LogP contribution in [0.2, 0.25) is 0 Å². The molecule has 0 saturated heterocycles. The average molecular weight is 263 g/mol. The molecule has 3 heteroatoms. The van der Waals surface area contributed by atoms with Gasteiger partial charge in [0.25, 0.3) is 0 Å². The predicted octanol–water partition coefficient (Wildman–Crippen LogP) is 2.85. The fraction of sp³-hybridized carbons (Fsp3) is 0.625. The van der Waals surface area contributed by atoms with Crippen molar-refractivity contribution < 1.29 is 9.84 Å². The zero-order valence-corrected chi connectivity index (χ0v) is 12.0. The van der Waals surface area contributed by atoms with Gasteiger partial charge in [-0.2, -0.15) is 0 Å². The van der Waals surface area contributed by atoms with E-state index in [-0.39, 0.29) is 0 Å². The van der Waals surface area contributed by atoms with Gasteiger partial charge in [-0.05, 0) is 38.8 Å². The molecule has 1 aromatic rings. The van der Waals surface area contributed by atoms with Crippen molar-refractivity contribution in [2.24, 2.45) is 5.92 Å². The maximum absolute atomic E-state index is 10.4. The number of para-hydroxylation sites is 1. The maximum atomic E-state index is 10.4. The number of rotatable bonds is 7. The molecule has 2 rings (SSSR count). The van der Waals surface area contributed by atoms with Crippen molar-refractivity contribution >= 4 is 0 Å². The summed E-state index contributed by atoms with van der Waals surface area (Å²) in [5.74, 6) is 1.63. The molecule has 1 aromatic carbocycles. The lowest BCUT2D eigenvalue weighted by atomic mass is 9.85. The molecule has 0 radical (unpaired) electrons. The highest BCUT2D eigenvalue weighted by atomic mass is 16.5. The molecule has 3 nitrogen and oxygen atoms in total. The first-order chi connectivity index (χ1) is 9.20. The Morgan fingerprint density at radius 3 is 2.74 bits per heavy atom. The quantitative estimate of drug-likeness (QED) is 0.821. The highest BCUT2D eigenvalue weighted by Gasteiger charge is 2.21. The van der Waals surface area contributed by atoms with Gasteiger partial charge in [0, 0.05) is 18.7 Å². The lowest BCUT2D eigenvalue weighted by Gasteiger charge is -2.31. The standard InChI is InChI=1S/C16H25NO2/c1-3-19-16-10-5-4-9-14(16)15(18)12-17(2)11-13-7-6-8-13/h4-5,9-10,13,15,18H,3,6-8,11-12H2,1-2H3. The van der Waals surface area contributed by atoms with E-state index in [1.807, 2.05) is 31.2 Å². The van der Waals surface area contributed by atoms with Gasteiger partial charge in [0.15, 0.2) is 0 Å². The van der Waals surface area contributed by atoms with Crippen LogP contribution in [0.15, 0.2) is 24.3 Å².